The van der Waals surface area contributed by atoms with Gasteiger partial charge in [-0.3, -0.25) is 14.8 Å². The highest BCUT2D eigenvalue weighted by Gasteiger charge is 2.28. The highest BCUT2D eigenvalue weighted by molar-refractivity contribution is 5.78. The number of carbonyl (C=O) groups excluding carboxylic acids is 1. The fraction of sp³-hybridized carbons (Fsp3) is 0.529. The number of aryl methyl sites for hydroxylation is 2. The number of aromatic nitrogens is 3. The molecule has 1 aliphatic heterocycles. The molecule has 134 valence electrons. The molecule has 1 N–H and O–H groups in total. The zero-order valence-electron chi connectivity index (χ0n) is 14.4. The monoisotopic (exact) mass is 346 g/mol. The van der Waals surface area contributed by atoms with Crippen molar-refractivity contribution in [2.45, 2.75) is 45.4 Å². The van der Waals surface area contributed by atoms with Crippen molar-refractivity contribution < 1.29 is 18.8 Å². The van der Waals surface area contributed by atoms with Crippen LogP contribution in [-0.2, 0) is 27.3 Å². The summed E-state index contributed by atoms with van der Waals surface area (Å²) in [6.45, 7) is 5.20. The molecule has 0 unspecified atom stereocenters. The third kappa shape index (κ3) is 4.61. The molecule has 3 heterocycles. The molecule has 8 nitrogen and oxygen atoms in total. The molecule has 2 aromatic heterocycles. The van der Waals surface area contributed by atoms with Gasteiger partial charge in [0.1, 0.15) is 5.76 Å². The van der Waals surface area contributed by atoms with Gasteiger partial charge < -0.3 is 19.3 Å². The Morgan fingerprint density at radius 2 is 2.28 bits per heavy atom. The van der Waals surface area contributed by atoms with Gasteiger partial charge in [0.15, 0.2) is 0 Å². The molecule has 0 spiro atoms. The number of hydrogen-bond acceptors (Lipinski definition) is 7. The summed E-state index contributed by atoms with van der Waals surface area (Å²) in [5.74, 6) is 0.634. The van der Waals surface area contributed by atoms with E-state index in [1.807, 2.05) is 13.8 Å². The summed E-state index contributed by atoms with van der Waals surface area (Å²) in [6, 6.07) is -0.196. The maximum absolute atomic E-state index is 12.3. The average Bonchev–Trinajstić information content (AvgIpc) is 2.93. The standard InChI is InChI=1S/C17H22N4O4/c1-11-14(12(2)25-21-11)9-24-16-3-6-23-10-15(16)20-17(22)7-13-8-18-4-5-19-13/h4-5,8,15-16H,3,6-7,9-10H2,1-2H3,(H,20,22)/t15-,16+/m0/s1. The van der Waals surface area contributed by atoms with Crippen molar-refractivity contribution in [2.75, 3.05) is 13.2 Å². The predicted octanol–water partition coefficient (Wildman–Crippen LogP) is 1.11. The summed E-state index contributed by atoms with van der Waals surface area (Å²) in [6.07, 6.45) is 5.52. The van der Waals surface area contributed by atoms with Crippen LogP contribution in [0, 0.1) is 13.8 Å². The number of carbonyl (C=O) groups is 1. The van der Waals surface area contributed by atoms with E-state index in [4.69, 9.17) is 14.0 Å². The molecule has 1 amide bonds. The van der Waals surface area contributed by atoms with E-state index >= 15 is 0 Å². The average molecular weight is 346 g/mol. The summed E-state index contributed by atoms with van der Waals surface area (Å²) in [7, 11) is 0. The van der Waals surface area contributed by atoms with E-state index in [9.17, 15) is 4.79 Å². The van der Waals surface area contributed by atoms with E-state index in [1.54, 1.807) is 18.6 Å². The Bertz CT molecular complexity index is 684. The van der Waals surface area contributed by atoms with Gasteiger partial charge >= 0.3 is 0 Å². The Morgan fingerprint density at radius 3 is 3.00 bits per heavy atom. The number of hydrogen-bond donors (Lipinski definition) is 1. The van der Waals surface area contributed by atoms with Crippen molar-refractivity contribution in [1.82, 2.24) is 20.4 Å². The Kier molecular flexibility index (Phi) is 5.72. The van der Waals surface area contributed by atoms with Crippen molar-refractivity contribution in [1.29, 1.82) is 0 Å². The van der Waals surface area contributed by atoms with E-state index in [0.29, 0.717) is 25.5 Å². The molecule has 2 atom stereocenters. The number of amides is 1. The SMILES string of the molecule is Cc1noc(C)c1CO[C@@H]1CCOC[C@@H]1NC(=O)Cc1cnccn1. The van der Waals surface area contributed by atoms with Crippen LogP contribution in [-0.4, -0.2) is 46.4 Å². The highest BCUT2D eigenvalue weighted by Crippen LogP contribution is 2.18. The molecular formula is C17H22N4O4. The first-order valence-corrected chi connectivity index (χ1v) is 8.29. The maximum Gasteiger partial charge on any atom is 0.226 e. The Balaban J connectivity index is 1.56. The van der Waals surface area contributed by atoms with Crippen molar-refractivity contribution in [2.24, 2.45) is 0 Å². The Morgan fingerprint density at radius 1 is 1.40 bits per heavy atom. The number of rotatable bonds is 6. The van der Waals surface area contributed by atoms with Crippen LogP contribution in [0.15, 0.2) is 23.1 Å². The Hall–Kier alpha value is -2.32. The van der Waals surface area contributed by atoms with E-state index in [-0.39, 0.29) is 24.5 Å². The molecule has 0 aliphatic carbocycles. The molecule has 3 rings (SSSR count). The summed E-state index contributed by atoms with van der Waals surface area (Å²) in [4.78, 5) is 20.3. The summed E-state index contributed by atoms with van der Waals surface area (Å²) < 4.78 is 16.7. The fourth-order valence-corrected chi connectivity index (χ4v) is 2.79. The van der Waals surface area contributed by atoms with Gasteiger partial charge in [-0.15, -0.1) is 0 Å². The second-order valence-electron chi connectivity index (χ2n) is 6.06. The fourth-order valence-electron chi connectivity index (χ4n) is 2.79. The smallest absolute Gasteiger partial charge is 0.226 e. The van der Waals surface area contributed by atoms with Gasteiger partial charge in [-0.1, -0.05) is 5.16 Å². The maximum atomic E-state index is 12.3. The van der Waals surface area contributed by atoms with Gasteiger partial charge in [0, 0.05) is 30.8 Å². The van der Waals surface area contributed by atoms with Crippen LogP contribution in [0.3, 0.4) is 0 Å². The molecule has 1 fully saturated rings. The quantitative estimate of drug-likeness (QED) is 0.836. The minimum atomic E-state index is -0.196. The molecule has 8 heteroatoms. The van der Waals surface area contributed by atoms with E-state index in [0.717, 1.165) is 23.4 Å². The lowest BCUT2D eigenvalue weighted by molar-refractivity contribution is -0.126. The Labute approximate surface area is 145 Å². The van der Waals surface area contributed by atoms with Crippen LogP contribution in [0.1, 0.15) is 29.1 Å². The minimum absolute atomic E-state index is 0.117. The number of nitrogens with zero attached hydrogens (tertiary/aromatic N) is 3. The van der Waals surface area contributed by atoms with Crippen LogP contribution in [0.25, 0.3) is 0 Å². The normalized spacial score (nSPS) is 20.4. The summed E-state index contributed by atoms with van der Waals surface area (Å²) in [5.41, 5.74) is 2.41. The molecule has 25 heavy (non-hydrogen) atoms. The van der Waals surface area contributed by atoms with Gasteiger partial charge in [0.25, 0.3) is 0 Å². The lowest BCUT2D eigenvalue weighted by atomic mass is 10.1. The lowest BCUT2D eigenvalue weighted by Gasteiger charge is -2.32. The van der Waals surface area contributed by atoms with E-state index in [2.05, 4.69) is 20.4 Å². The predicted molar refractivity (Wildman–Crippen MR) is 87.7 cm³/mol. The highest BCUT2D eigenvalue weighted by atomic mass is 16.5. The zero-order valence-corrected chi connectivity index (χ0v) is 14.4. The van der Waals surface area contributed by atoms with Crippen LogP contribution in [0.5, 0.6) is 0 Å². The summed E-state index contributed by atoms with van der Waals surface area (Å²) in [5, 5.41) is 6.91. The first kappa shape index (κ1) is 17.5. The second-order valence-corrected chi connectivity index (χ2v) is 6.06. The van der Waals surface area contributed by atoms with Crippen LogP contribution in [0.2, 0.25) is 0 Å². The van der Waals surface area contributed by atoms with E-state index < -0.39 is 0 Å². The van der Waals surface area contributed by atoms with Gasteiger partial charge in [-0.25, -0.2) is 0 Å². The summed E-state index contributed by atoms with van der Waals surface area (Å²) >= 11 is 0. The van der Waals surface area contributed by atoms with Crippen molar-refractivity contribution in [3.05, 3.63) is 41.3 Å². The molecule has 0 saturated carbocycles. The first-order chi connectivity index (χ1) is 12.1. The molecule has 0 aromatic carbocycles. The molecular weight excluding hydrogens is 324 g/mol. The first-order valence-electron chi connectivity index (χ1n) is 8.29. The topological polar surface area (TPSA) is 99.4 Å². The van der Waals surface area contributed by atoms with Gasteiger partial charge in [0.2, 0.25) is 5.91 Å². The van der Waals surface area contributed by atoms with Crippen LogP contribution in [0.4, 0.5) is 0 Å². The van der Waals surface area contributed by atoms with E-state index in [1.165, 1.54) is 0 Å². The van der Waals surface area contributed by atoms with Gasteiger partial charge in [-0.2, -0.15) is 0 Å². The van der Waals surface area contributed by atoms with Crippen molar-refractivity contribution in [3.63, 3.8) is 0 Å². The number of nitrogens with one attached hydrogen (secondary N) is 1. The molecule has 0 radical (unpaired) electrons. The second kappa shape index (κ2) is 8.17. The largest absolute Gasteiger partial charge is 0.379 e. The zero-order chi connectivity index (χ0) is 17.6. The van der Waals surface area contributed by atoms with Gasteiger partial charge in [-0.05, 0) is 20.3 Å². The third-order valence-electron chi connectivity index (χ3n) is 4.22. The lowest BCUT2D eigenvalue weighted by Crippen LogP contribution is -2.51. The van der Waals surface area contributed by atoms with Crippen LogP contribution < -0.4 is 5.32 Å². The minimum Gasteiger partial charge on any atom is -0.379 e. The van der Waals surface area contributed by atoms with Crippen LogP contribution >= 0.6 is 0 Å². The molecule has 2 aromatic rings. The van der Waals surface area contributed by atoms with Gasteiger partial charge in [0.05, 0.1) is 43.2 Å². The number of ether oxygens (including phenoxy) is 2. The molecule has 1 aliphatic rings. The third-order valence-corrected chi connectivity index (χ3v) is 4.22. The molecule has 1 saturated heterocycles. The molecule has 0 bridgehead atoms. The van der Waals surface area contributed by atoms with Crippen molar-refractivity contribution in [3.8, 4) is 0 Å². The van der Waals surface area contributed by atoms with Crippen molar-refractivity contribution >= 4 is 5.91 Å².